The molecule has 1 aromatic carbocycles. The third-order valence-electron chi connectivity index (χ3n) is 2.03. The number of hydrogen-bond donors (Lipinski definition) is 2. The summed E-state index contributed by atoms with van der Waals surface area (Å²) in [6.07, 6.45) is 0. The Bertz CT molecular complexity index is 349. The molecular weight excluding hydrogens is 200 g/mol. The Morgan fingerprint density at radius 3 is 2.06 bits per heavy atom. The van der Waals surface area contributed by atoms with E-state index < -0.39 is 0 Å². The zero-order valence-electron chi connectivity index (χ0n) is 10.4. The minimum absolute atomic E-state index is 0.0459. The molecule has 1 aromatic rings. The molecule has 0 atom stereocenters. The number of carbonyl (C=O) groups excluding carboxylic acids is 1. The second-order valence-corrected chi connectivity index (χ2v) is 5.17. The van der Waals surface area contributed by atoms with E-state index in [-0.39, 0.29) is 11.3 Å². The first kappa shape index (κ1) is 12.6. The van der Waals surface area contributed by atoms with Gasteiger partial charge in [0.2, 0.25) is 5.91 Å². The van der Waals surface area contributed by atoms with E-state index in [1.165, 1.54) is 6.92 Å². The third kappa shape index (κ3) is 4.82. The van der Waals surface area contributed by atoms with E-state index in [2.05, 4.69) is 31.4 Å². The van der Waals surface area contributed by atoms with E-state index >= 15 is 0 Å². The molecule has 3 heteroatoms. The van der Waals surface area contributed by atoms with Gasteiger partial charge >= 0.3 is 0 Å². The Balaban J connectivity index is 2.55. The van der Waals surface area contributed by atoms with E-state index in [4.69, 9.17) is 0 Å². The third-order valence-corrected chi connectivity index (χ3v) is 2.03. The van der Waals surface area contributed by atoms with Crippen LogP contribution in [0.4, 0.5) is 11.4 Å². The van der Waals surface area contributed by atoms with Crippen LogP contribution in [0.3, 0.4) is 0 Å². The van der Waals surface area contributed by atoms with E-state index in [1.807, 2.05) is 24.3 Å². The molecule has 0 bridgehead atoms. The smallest absolute Gasteiger partial charge is 0.221 e. The molecule has 0 aliphatic rings. The lowest BCUT2D eigenvalue weighted by molar-refractivity contribution is -0.114. The summed E-state index contributed by atoms with van der Waals surface area (Å²) in [6.45, 7) is 8.99. The molecule has 0 spiro atoms. The second-order valence-electron chi connectivity index (χ2n) is 5.17. The standard InChI is InChI=1S/C13H20N2O/c1-10(16)15-12-7-5-11(6-8-12)14-9-13(2,3)4/h5-8,14H,9H2,1-4H3,(H,15,16). The van der Waals surface area contributed by atoms with Gasteiger partial charge in [-0.2, -0.15) is 0 Å². The number of hydrogen-bond acceptors (Lipinski definition) is 2. The van der Waals surface area contributed by atoms with Crippen LogP contribution in [-0.2, 0) is 4.79 Å². The van der Waals surface area contributed by atoms with Crippen molar-refractivity contribution in [3.8, 4) is 0 Å². The van der Waals surface area contributed by atoms with Gasteiger partial charge in [-0.15, -0.1) is 0 Å². The minimum atomic E-state index is -0.0459. The first-order valence-corrected chi connectivity index (χ1v) is 5.48. The van der Waals surface area contributed by atoms with Crippen molar-refractivity contribution in [2.75, 3.05) is 17.2 Å². The maximum Gasteiger partial charge on any atom is 0.221 e. The predicted molar refractivity (Wildman–Crippen MR) is 68.7 cm³/mol. The highest BCUT2D eigenvalue weighted by atomic mass is 16.1. The Kier molecular flexibility index (Phi) is 3.93. The molecular formula is C13H20N2O. The Labute approximate surface area is 97.2 Å². The summed E-state index contributed by atoms with van der Waals surface area (Å²) >= 11 is 0. The van der Waals surface area contributed by atoms with Crippen LogP contribution in [0.5, 0.6) is 0 Å². The maximum atomic E-state index is 10.8. The maximum absolute atomic E-state index is 10.8. The van der Waals surface area contributed by atoms with E-state index in [1.54, 1.807) is 0 Å². The highest BCUT2D eigenvalue weighted by Gasteiger charge is 2.08. The lowest BCUT2D eigenvalue weighted by Crippen LogP contribution is -2.18. The fourth-order valence-corrected chi connectivity index (χ4v) is 1.24. The van der Waals surface area contributed by atoms with Gasteiger partial charge < -0.3 is 10.6 Å². The number of carbonyl (C=O) groups is 1. The highest BCUT2D eigenvalue weighted by molar-refractivity contribution is 5.88. The largest absolute Gasteiger partial charge is 0.385 e. The van der Waals surface area contributed by atoms with Crippen molar-refractivity contribution in [1.82, 2.24) is 0 Å². The minimum Gasteiger partial charge on any atom is -0.385 e. The van der Waals surface area contributed by atoms with Gasteiger partial charge in [0, 0.05) is 24.8 Å². The van der Waals surface area contributed by atoms with Crippen LogP contribution in [0.2, 0.25) is 0 Å². The van der Waals surface area contributed by atoms with Crippen LogP contribution < -0.4 is 10.6 Å². The van der Waals surface area contributed by atoms with Crippen molar-refractivity contribution in [1.29, 1.82) is 0 Å². The Morgan fingerprint density at radius 1 is 1.12 bits per heavy atom. The zero-order valence-corrected chi connectivity index (χ0v) is 10.4. The van der Waals surface area contributed by atoms with Crippen LogP contribution in [0.15, 0.2) is 24.3 Å². The molecule has 0 aliphatic carbocycles. The number of benzene rings is 1. The molecule has 3 nitrogen and oxygen atoms in total. The first-order valence-electron chi connectivity index (χ1n) is 5.48. The van der Waals surface area contributed by atoms with E-state index in [9.17, 15) is 4.79 Å². The lowest BCUT2D eigenvalue weighted by atomic mass is 9.97. The van der Waals surface area contributed by atoms with E-state index in [0.717, 1.165) is 17.9 Å². The number of anilines is 2. The van der Waals surface area contributed by atoms with Crippen LogP contribution in [0.25, 0.3) is 0 Å². The van der Waals surface area contributed by atoms with Crippen LogP contribution in [0.1, 0.15) is 27.7 Å². The first-order chi connectivity index (χ1) is 7.37. The van der Waals surface area contributed by atoms with Crippen molar-refractivity contribution in [3.05, 3.63) is 24.3 Å². The van der Waals surface area contributed by atoms with Gasteiger partial charge in [-0.3, -0.25) is 4.79 Å². The van der Waals surface area contributed by atoms with Gasteiger partial charge in [-0.25, -0.2) is 0 Å². The molecule has 88 valence electrons. The zero-order chi connectivity index (χ0) is 12.2. The normalized spacial score (nSPS) is 11.0. The summed E-state index contributed by atoms with van der Waals surface area (Å²) in [4.78, 5) is 10.8. The lowest BCUT2D eigenvalue weighted by Gasteiger charge is -2.19. The van der Waals surface area contributed by atoms with Gasteiger partial charge in [0.1, 0.15) is 0 Å². The molecule has 0 aliphatic heterocycles. The monoisotopic (exact) mass is 220 g/mol. The number of amides is 1. The summed E-state index contributed by atoms with van der Waals surface area (Å²) < 4.78 is 0. The summed E-state index contributed by atoms with van der Waals surface area (Å²) in [7, 11) is 0. The van der Waals surface area contributed by atoms with Crippen molar-refractivity contribution in [2.24, 2.45) is 5.41 Å². The topological polar surface area (TPSA) is 41.1 Å². The summed E-state index contributed by atoms with van der Waals surface area (Å²) in [6, 6.07) is 7.73. The number of nitrogens with one attached hydrogen (secondary N) is 2. The molecule has 0 aromatic heterocycles. The van der Waals surface area contributed by atoms with E-state index in [0.29, 0.717) is 0 Å². The average molecular weight is 220 g/mol. The second kappa shape index (κ2) is 5.01. The van der Waals surface area contributed by atoms with Crippen molar-refractivity contribution in [2.45, 2.75) is 27.7 Å². The van der Waals surface area contributed by atoms with Gasteiger partial charge in [0.15, 0.2) is 0 Å². The Hall–Kier alpha value is -1.51. The fraction of sp³-hybridized carbons (Fsp3) is 0.462. The predicted octanol–water partition coefficient (Wildman–Crippen LogP) is 3.10. The quantitative estimate of drug-likeness (QED) is 0.821. The fourth-order valence-electron chi connectivity index (χ4n) is 1.24. The Morgan fingerprint density at radius 2 is 1.62 bits per heavy atom. The number of rotatable bonds is 3. The van der Waals surface area contributed by atoms with Crippen molar-refractivity contribution >= 4 is 17.3 Å². The molecule has 0 unspecified atom stereocenters. The van der Waals surface area contributed by atoms with Gasteiger partial charge in [0.25, 0.3) is 0 Å². The van der Waals surface area contributed by atoms with Crippen LogP contribution >= 0.6 is 0 Å². The molecule has 0 radical (unpaired) electrons. The molecule has 0 saturated carbocycles. The van der Waals surface area contributed by atoms with Gasteiger partial charge in [0.05, 0.1) is 0 Å². The molecule has 2 N–H and O–H groups in total. The van der Waals surface area contributed by atoms with Gasteiger partial charge in [-0.1, -0.05) is 20.8 Å². The molecule has 1 rings (SSSR count). The van der Waals surface area contributed by atoms with Crippen LogP contribution in [0, 0.1) is 5.41 Å². The SMILES string of the molecule is CC(=O)Nc1ccc(NCC(C)(C)C)cc1. The molecule has 16 heavy (non-hydrogen) atoms. The molecule has 0 saturated heterocycles. The molecule has 1 amide bonds. The summed E-state index contributed by atoms with van der Waals surface area (Å²) in [5.74, 6) is -0.0459. The van der Waals surface area contributed by atoms with Gasteiger partial charge in [-0.05, 0) is 29.7 Å². The van der Waals surface area contributed by atoms with Crippen molar-refractivity contribution < 1.29 is 4.79 Å². The van der Waals surface area contributed by atoms with Crippen molar-refractivity contribution in [3.63, 3.8) is 0 Å². The average Bonchev–Trinajstić information content (AvgIpc) is 2.14. The van der Waals surface area contributed by atoms with Crippen LogP contribution in [-0.4, -0.2) is 12.5 Å². The summed E-state index contributed by atoms with van der Waals surface area (Å²) in [5, 5.41) is 6.09. The summed E-state index contributed by atoms with van der Waals surface area (Å²) in [5.41, 5.74) is 2.16. The molecule has 0 fully saturated rings. The highest BCUT2D eigenvalue weighted by Crippen LogP contribution is 2.17. The molecule has 0 heterocycles.